The van der Waals surface area contributed by atoms with Gasteiger partial charge in [0.15, 0.2) is 5.15 Å². The van der Waals surface area contributed by atoms with E-state index in [9.17, 15) is 4.79 Å². The molecule has 1 aliphatic rings. The molecule has 2 aromatic heterocycles. The number of carbonyl (C=O) groups excluding carboxylic acids is 1. The summed E-state index contributed by atoms with van der Waals surface area (Å²) >= 11 is 6.25. The van der Waals surface area contributed by atoms with E-state index in [2.05, 4.69) is 9.97 Å². The van der Waals surface area contributed by atoms with E-state index in [0.717, 1.165) is 36.5 Å². The minimum absolute atomic E-state index is 0.259. The fraction of sp³-hybridized carbons (Fsp3) is 0.357. The lowest BCUT2D eigenvalue weighted by molar-refractivity contribution is -0.143. The molecule has 0 fully saturated rings. The first-order valence-electron chi connectivity index (χ1n) is 6.46. The largest absolute Gasteiger partial charge is 0.469 e. The van der Waals surface area contributed by atoms with Gasteiger partial charge in [-0.3, -0.25) is 9.78 Å². The third-order valence-electron chi connectivity index (χ3n) is 3.57. The number of methoxy groups -OCH3 is 1. The van der Waals surface area contributed by atoms with E-state index >= 15 is 0 Å². The Kier molecular flexibility index (Phi) is 3.44. The smallest absolute Gasteiger partial charge is 0.314 e. The SMILES string of the molecule is COC(=O)C1CCCn2c(-c3cccnc3)nc(Cl)c21. The molecule has 0 aromatic carbocycles. The fourth-order valence-electron chi connectivity index (χ4n) is 2.67. The van der Waals surface area contributed by atoms with Crippen LogP contribution in [-0.4, -0.2) is 27.6 Å². The number of aromatic nitrogens is 3. The van der Waals surface area contributed by atoms with Crippen molar-refractivity contribution in [3.05, 3.63) is 35.4 Å². The minimum Gasteiger partial charge on any atom is -0.469 e. The van der Waals surface area contributed by atoms with Crippen LogP contribution >= 0.6 is 11.6 Å². The second kappa shape index (κ2) is 5.25. The summed E-state index contributed by atoms with van der Waals surface area (Å²) in [6.45, 7) is 0.798. The summed E-state index contributed by atoms with van der Waals surface area (Å²) in [5, 5.41) is 0.374. The molecule has 2 aromatic rings. The first kappa shape index (κ1) is 13.1. The molecule has 0 amide bonds. The lowest BCUT2D eigenvalue weighted by Gasteiger charge is -2.23. The number of pyridine rings is 1. The van der Waals surface area contributed by atoms with E-state index in [1.807, 2.05) is 16.7 Å². The van der Waals surface area contributed by atoms with Crippen LogP contribution in [0.25, 0.3) is 11.4 Å². The maximum atomic E-state index is 11.9. The Morgan fingerprint density at radius 3 is 3.10 bits per heavy atom. The van der Waals surface area contributed by atoms with E-state index in [1.165, 1.54) is 7.11 Å². The Morgan fingerprint density at radius 2 is 2.40 bits per heavy atom. The number of esters is 1. The predicted molar refractivity (Wildman–Crippen MR) is 74.5 cm³/mol. The molecule has 20 heavy (non-hydrogen) atoms. The molecule has 1 unspecified atom stereocenters. The molecule has 3 heterocycles. The number of nitrogens with zero attached hydrogens (tertiary/aromatic N) is 3. The lowest BCUT2D eigenvalue weighted by Crippen LogP contribution is -2.23. The van der Waals surface area contributed by atoms with Crippen LogP contribution < -0.4 is 0 Å². The quantitative estimate of drug-likeness (QED) is 0.798. The van der Waals surface area contributed by atoms with Crippen LogP contribution in [0.2, 0.25) is 5.15 Å². The van der Waals surface area contributed by atoms with Crippen LogP contribution in [0.15, 0.2) is 24.5 Å². The Labute approximate surface area is 121 Å². The Hall–Kier alpha value is -1.88. The highest BCUT2D eigenvalue weighted by molar-refractivity contribution is 6.30. The van der Waals surface area contributed by atoms with Gasteiger partial charge in [-0.1, -0.05) is 11.6 Å². The van der Waals surface area contributed by atoms with Crippen molar-refractivity contribution >= 4 is 17.6 Å². The summed E-state index contributed by atoms with van der Waals surface area (Å²) in [5.74, 6) is 0.163. The molecular weight excluding hydrogens is 278 g/mol. The normalized spacial score (nSPS) is 17.6. The van der Waals surface area contributed by atoms with Crippen molar-refractivity contribution in [2.24, 2.45) is 0 Å². The summed E-state index contributed by atoms with van der Waals surface area (Å²) in [4.78, 5) is 20.4. The molecule has 0 aliphatic carbocycles. The molecule has 0 bridgehead atoms. The second-order valence-electron chi connectivity index (χ2n) is 4.72. The monoisotopic (exact) mass is 291 g/mol. The van der Waals surface area contributed by atoms with Gasteiger partial charge in [0, 0.05) is 24.5 Å². The first-order valence-corrected chi connectivity index (χ1v) is 6.84. The van der Waals surface area contributed by atoms with E-state index in [0.29, 0.717) is 5.15 Å². The number of ether oxygens (including phenoxy) is 1. The molecule has 0 saturated carbocycles. The van der Waals surface area contributed by atoms with Crippen molar-refractivity contribution < 1.29 is 9.53 Å². The number of carbonyl (C=O) groups is 1. The molecule has 0 radical (unpaired) electrons. The van der Waals surface area contributed by atoms with Crippen LogP contribution in [0.5, 0.6) is 0 Å². The number of halogens is 1. The zero-order chi connectivity index (χ0) is 14.1. The zero-order valence-corrected chi connectivity index (χ0v) is 11.8. The van der Waals surface area contributed by atoms with Crippen molar-refractivity contribution in [2.45, 2.75) is 25.3 Å². The topological polar surface area (TPSA) is 57.0 Å². The molecule has 0 saturated heterocycles. The summed E-state index contributed by atoms with van der Waals surface area (Å²) in [6.07, 6.45) is 5.09. The van der Waals surface area contributed by atoms with Gasteiger partial charge in [0.05, 0.1) is 12.8 Å². The van der Waals surface area contributed by atoms with E-state index < -0.39 is 0 Å². The average Bonchev–Trinajstić information content (AvgIpc) is 2.85. The zero-order valence-electron chi connectivity index (χ0n) is 11.0. The van der Waals surface area contributed by atoms with E-state index in [4.69, 9.17) is 16.3 Å². The highest BCUT2D eigenvalue weighted by atomic mass is 35.5. The Balaban J connectivity index is 2.11. The molecule has 6 heteroatoms. The summed E-state index contributed by atoms with van der Waals surface area (Å²) in [6, 6.07) is 3.78. The van der Waals surface area contributed by atoms with Crippen molar-refractivity contribution in [3.8, 4) is 11.4 Å². The van der Waals surface area contributed by atoms with Gasteiger partial charge >= 0.3 is 5.97 Å². The second-order valence-corrected chi connectivity index (χ2v) is 5.08. The molecular formula is C14H14ClN3O2. The highest BCUT2D eigenvalue weighted by Crippen LogP contribution is 2.37. The lowest BCUT2D eigenvalue weighted by atomic mass is 9.96. The molecule has 0 spiro atoms. The maximum absolute atomic E-state index is 11.9. The Morgan fingerprint density at radius 1 is 1.55 bits per heavy atom. The third-order valence-corrected chi connectivity index (χ3v) is 3.85. The molecule has 104 valence electrons. The van der Waals surface area contributed by atoms with Crippen LogP contribution in [0.1, 0.15) is 24.5 Å². The third kappa shape index (κ3) is 2.08. The van der Waals surface area contributed by atoms with E-state index in [-0.39, 0.29) is 11.9 Å². The van der Waals surface area contributed by atoms with Crippen molar-refractivity contribution in [2.75, 3.05) is 7.11 Å². The van der Waals surface area contributed by atoms with Gasteiger partial charge in [0.25, 0.3) is 0 Å². The summed E-state index contributed by atoms with van der Waals surface area (Å²) in [5.41, 5.74) is 1.65. The maximum Gasteiger partial charge on any atom is 0.314 e. The van der Waals surface area contributed by atoms with Crippen LogP contribution in [0, 0.1) is 0 Å². The van der Waals surface area contributed by atoms with Crippen molar-refractivity contribution in [3.63, 3.8) is 0 Å². The van der Waals surface area contributed by atoms with Gasteiger partial charge in [-0.15, -0.1) is 0 Å². The predicted octanol–water partition coefficient (Wildman–Crippen LogP) is 2.65. The summed E-state index contributed by atoms with van der Waals surface area (Å²) < 4.78 is 6.87. The average molecular weight is 292 g/mol. The van der Waals surface area contributed by atoms with Gasteiger partial charge in [0.2, 0.25) is 0 Å². The Bertz CT molecular complexity index is 639. The van der Waals surface area contributed by atoms with Crippen molar-refractivity contribution in [1.29, 1.82) is 0 Å². The van der Waals surface area contributed by atoms with Gasteiger partial charge in [-0.25, -0.2) is 4.98 Å². The first-order chi connectivity index (χ1) is 9.72. The highest BCUT2D eigenvalue weighted by Gasteiger charge is 2.33. The fourth-order valence-corrected chi connectivity index (χ4v) is 2.99. The molecule has 0 N–H and O–H groups in total. The van der Waals surface area contributed by atoms with E-state index in [1.54, 1.807) is 12.4 Å². The van der Waals surface area contributed by atoms with Crippen molar-refractivity contribution in [1.82, 2.24) is 14.5 Å². The number of rotatable bonds is 2. The number of hydrogen-bond acceptors (Lipinski definition) is 4. The molecule has 1 aliphatic heterocycles. The number of fused-ring (bicyclic) bond motifs is 1. The molecule has 1 atom stereocenters. The van der Waals surface area contributed by atoms with Gasteiger partial charge < -0.3 is 9.30 Å². The standard InChI is InChI=1S/C14H14ClN3O2/c1-20-14(19)10-5-3-7-18-11(10)12(15)17-13(18)9-4-2-6-16-8-9/h2,4,6,8,10H,3,5,7H2,1H3. The molecule has 5 nitrogen and oxygen atoms in total. The van der Waals surface area contributed by atoms with Gasteiger partial charge in [-0.05, 0) is 25.0 Å². The summed E-state index contributed by atoms with van der Waals surface area (Å²) in [7, 11) is 1.40. The van der Waals surface area contributed by atoms with Gasteiger partial charge in [-0.2, -0.15) is 0 Å². The van der Waals surface area contributed by atoms with Gasteiger partial charge in [0.1, 0.15) is 11.7 Å². The van der Waals surface area contributed by atoms with Crippen LogP contribution in [0.3, 0.4) is 0 Å². The number of imidazole rings is 1. The van der Waals surface area contributed by atoms with Crippen LogP contribution in [-0.2, 0) is 16.1 Å². The minimum atomic E-state index is -0.334. The molecule has 3 rings (SSSR count). The van der Waals surface area contributed by atoms with Crippen LogP contribution in [0.4, 0.5) is 0 Å². The number of hydrogen-bond donors (Lipinski definition) is 0.